The van der Waals surface area contributed by atoms with Crippen LogP contribution in [0, 0.1) is 6.92 Å². The molecule has 0 radical (unpaired) electrons. The van der Waals surface area contributed by atoms with Crippen LogP contribution in [0.15, 0.2) is 109 Å². The van der Waals surface area contributed by atoms with E-state index in [-0.39, 0.29) is 5.75 Å². The van der Waals surface area contributed by atoms with Crippen LogP contribution < -0.4 is 0 Å². The van der Waals surface area contributed by atoms with Gasteiger partial charge in [0.05, 0.1) is 5.69 Å². The van der Waals surface area contributed by atoms with Crippen LogP contribution in [0.25, 0.3) is 39.3 Å². The molecule has 3 heteroatoms. The van der Waals surface area contributed by atoms with Gasteiger partial charge in [0.2, 0.25) is 0 Å². The Kier molecular flexibility index (Phi) is 4.85. The van der Waals surface area contributed by atoms with Crippen molar-refractivity contribution >= 4 is 0 Å². The largest absolute Gasteiger partial charge is 0.508 e. The fraction of sp³-hybridized carbons (Fsp3) is 0.0357. The Morgan fingerprint density at radius 3 is 1.87 bits per heavy atom. The van der Waals surface area contributed by atoms with Gasteiger partial charge in [-0.05, 0) is 41.8 Å². The van der Waals surface area contributed by atoms with Crippen LogP contribution in [-0.4, -0.2) is 14.7 Å². The number of phenols is 1. The first-order chi connectivity index (χ1) is 15.2. The lowest BCUT2D eigenvalue weighted by atomic mass is 9.95. The van der Waals surface area contributed by atoms with Crippen LogP contribution in [0.2, 0.25) is 0 Å². The maximum absolute atomic E-state index is 10.2. The van der Waals surface area contributed by atoms with Gasteiger partial charge in [-0.3, -0.25) is 4.57 Å². The van der Waals surface area contributed by atoms with E-state index < -0.39 is 0 Å². The predicted molar refractivity (Wildman–Crippen MR) is 126 cm³/mol. The number of aromatic nitrogens is 2. The van der Waals surface area contributed by atoms with Gasteiger partial charge in [-0.15, -0.1) is 0 Å². The highest BCUT2D eigenvalue weighted by molar-refractivity contribution is 5.86. The van der Waals surface area contributed by atoms with E-state index in [2.05, 4.69) is 76.3 Å². The van der Waals surface area contributed by atoms with E-state index in [0.717, 1.165) is 44.9 Å². The number of hydrogen-bond acceptors (Lipinski definition) is 2. The first-order valence-corrected chi connectivity index (χ1v) is 10.3. The Morgan fingerprint density at radius 2 is 1.29 bits per heavy atom. The minimum Gasteiger partial charge on any atom is -0.508 e. The molecule has 0 amide bonds. The fourth-order valence-corrected chi connectivity index (χ4v) is 4.09. The van der Waals surface area contributed by atoms with Gasteiger partial charge in [0, 0.05) is 29.1 Å². The molecule has 0 aliphatic heterocycles. The van der Waals surface area contributed by atoms with Gasteiger partial charge in [0.1, 0.15) is 11.6 Å². The highest BCUT2D eigenvalue weighted by Crippen LogP contribution is 2.38. The van der Waals surface area contributed by atoms with Crippen molar-refractivity contribution in [1.29, 1.82) is 0 Å². The lowest BCUT2D eigenvalue weighted by Crippen LogP contribution is -2.02. The summed E-state index contributed by atoms with van der Waals surface area (Å²) >= 11 is 0. The summed E-state index contributed by atoms with van der Waals surface area (Å²) in [5, 5.41) is 10.2. The molecule has 5 rings (SSSR count). The molecule has 0 spiro atoms. The molecule has 3 nitrogen and oxygen atoms in total. The standard InChI is InChI=1S/C28H22N2O/c1-20-17-23(19-24(31)18-20)28-29-15-16-30(28)27-25(21-9-4-2-5-10-21)13-8-14-26(27)22-11-6-3-7-12-22/h2-19,31H,1H3. The molecule has 0 aliphatic rings. The van der Waals surface area contributed by atoms with E-state index in [1.165, 1.54) is 0 Å². The molecule has 1 N–H and O–H groups in total. The number of rotatable bonds is 4. The second-order valence-electron chi connectivity index (χ2n) is 7.61. The highest BCUT2D eigenvalue weighted by atomic mass is 16.3. The zero-order valence-corrected chi connectivity index (χ0v) is 17.2. The molecule has 1 heterocycles. The average Bonchev–Trinajstić information content (AvgIpc) is 3.29. The van der Waals surface area contributed by atoms with Gasteiger partial charge in [-0.1, -0.05) is 78.9 Å². The molecular weight excluding hydrogens is 380 g/mol. The quantitative estimate of drug-likeness (QED) is 0.355. The lowest BCUT2D eigenvalue weighted by Gasteiger charge is -2.19. The lowest BCUT2D eigenvalue weighted by molar-refractivity contribution is 0.475. The van der Waals surface area contributed by atoms with Gasteiger partial charge in [0.15, 0.2) is 0 Å². The van der Waals surface area contributed by atoms with Crippen molar-refractivity contribution < 1.29 is 5.11 Å². The fourth-order valence-electron chi connectivity index (χ4n) is 4.09. The zero-order valence-electron chi connectivity index (χ0n) is 17.2. The Hall–Kier alpha value is -4.11. The maximum atomic E-state index is 10.2. The molecule has 0 fully saturated rings. The second kappa shape index (κ2) is 7.96. The molecular formula is C28H22N2O. The third-order valence-corrected chi connectivity index (χ3v) is 5.41. The van der Waals surface area contributed by atoms with E-state index in [1.54, 1.807) is 12.1 Å². The van der Waals surface area contributed by atoms with Crippen molar-refractivity contribution in [3.8, 4) is 45.1 Å². The number of phenolic OH excluding ortho intramolecular Hbond substituents is 1. The Morgan fingerprint density at radius 1 is 0.677 bits per heavy atom. The number of benzene rings is 4. The summed E-state index contributed by atoms with van der Waals surface area (Å²) in [6.45, 7) is 1.98. The summed E-state index contributed by atoms with van der Waals surface area (Å²) in [5.74, 6) is 1.03. The number of imidazole rings is 1. The Balaban J connectivity index is 1.81. The molecule has 0 atom stereocenters. The van der Waals surface area contributed by atoms with Gasteiger partial charge in [-0.25, -0.2) is 4.98 Å². The molecule has 0 unspecified atom stereocenters. The molecule has 0 aliphatic carbocycles. The molecule has 31 heavy (non-hydrogen) atoms. The predicted octanol–water partition coefficient (Wildman–Crippen LogP) is 6.89. The van der Waals surface area contributed by atoms with Crippen LogP contribution in [0.1, 0.15) is 5.56 Å². The molecule has 0 saturated carbocycles. The van der Waals surface area contributed by atoms with Gasteiger partial charge in [-0.2, -0.15) is 0 Å². The number of aryl methyl sites for hydroxylation is 1. The number of nitrogens with zero attached hydrogens (tertiary/aromatic N) is 2. The molecule has 0 saturated heterocycles. The molecule has 150 valence electrons. The number of aromatic hydroxyl groups is 1. The van der Waals surface area contributed by atoms with Crippen LogP contribution in [0.5, 0.6) is 5.75 Å². The van der Waals surface area contributed by atoms with Crippen molar-refractivity contribution in [2.24, 2.45) is 0 Å². The van der Waals surface area contributed by atoms with Crippen LogP contribution >= 0.6 is 0 Å². The van der Waals surface area contributed by atoms with Gasteiger partial charge >= 0.3 is 0 Å². The Labute approximate surface area is 181 Å². The zero-order chi connectivity index (χ0) is 21.2. The van der Waals surface area contributed by atoms with Crippen LogP contribution in [0.3, 0.4) is 0 Å². The summed E-state index contributed by atoms with van der Waals surface area (Å²) in [7, 11) is 0. The van der Waals surface area contributed by atoms with Crippen molar-refractivity contribution in [3.63, 3.8) is 0 Å². The van der Waals surface area contributed by atoms with E-state index in [9.17, 15) is 5.11 Å². The van der Waals surface area contributed by atoms with E-state index in [1.807, 2.05) is 37.5 Å². The third-order valence-electron chi connectivity index (χ3n) is 5.41. The van der Waals surface area contributed by atoms with E-state index in [4.69, 9.17) is 0 Å². The van der Waals surface area contributed by atoms with Crippen molar-refractivity contribution in [1.82, 2.24) is 9.55 Å². The third kappa shape index (κ3) is 3.62. The SMILES string of the molecule is Cc1cc(O)cc(-c2nccn2-c2c(-c3ccccc3)cccc2-c2ccccc2)c1. The number of hydrogen-bond donors (Lipinski definition) is 1. The van der Waals surface area contributed by atoms with Crippen molar-refractivity contribution in [2.75, 3.05) is 0 Å². The summed E-state index contributed by atoms with van der Waals surface area (Å²) in [6, 6.07) is 32.8. The van der Waals surface area contributed by atoms with Crippen LogP contribution in [-0.2, 0) is 0 Å². The molecule has 1 aromatic heterocycles. The average molecular weight is 402 g/mol. The van der Waals surface area contributed by atoms with Crippen molar-refractivity contribution in [2.45, 2.75) is 6.92 Å². The highest BCUT2D eigenvalue weighted by Gasteiger charge is 2.17. The smallest absolute Gasteiger partial charge is 0.144 e. The first kappa shape index (κ1) is 18.9. The van der Waals surface area contributed by atoms with Crippen LogP contribution in [0.4, 0.5) is 0 Å². The summed E-state index contributed by atoms with van der Waals surface area (Å²) in [4.78, 5) is 4.67. The Bertz CT molecular complexity index is 1260. The van der Waals surface area contributed by atoms with Gasteiger partial charge in [0.25, 0.3) is 0 Å². The first-order valence-electron chi connectivity index (χ1n) is 10.3. The maximum Gasteiger partial charge on any atom is 0.144 e. The second-order valence-corrected chi connectivity index (χ2v) is 7.61. The van der Waals surface area contributed by atoms with Gasteiger partial charge < -0.3 is 5.11 Å². The minimum atomic E-state index is 0.240. The topological polar surface area (TPSA) is 38.1 Å². The van der Waals surface area contributed by atoms with E-state index in [0.29, 0.717) is 0 Å². The monoisotopic (exact) mass is 402 g/mol. The van der Waals surface area contributed by atoms with Crippen molar-refractivity contribution in [3.05, 3.63) is 115 Å². The molecule has 0 bridgehead atoms. The van der Waals surface area contributed by atoms with E-state index >= 15 is 0 Å². The minimum absolute atomic E-state index is 0.240. The summed E-state index contributed by atoms with van der Waals surface area (Å²) < 4.78 is 2.12. The molecule has 5 aromatic rings. The number of para-hydroxylation sites is 1. The molecule has 4 aromatic carbocycles. The summed E-state index contributed by atoms with van der Waals surface area (Å²) in [6.07, 6.45) is 3.80. The summed E-state index contributed by atoms with van der Waals surface area (Å²) in [5.41, 5.74) is 7.46. The normalized spacial score (nSPS) is 10.9.